The summed E-state index contributed by atoms with van der Waals surface area (Å²) in [5.41, 5.74) is 0.552. The number of carbonyl (C=O) groups is 4. The predicted octanol–water partition coefficient (Wildman–Crippen LogP) is 2.22. The third kappa shape index (κ3) is 13.1. The Labute approximate surface area is 189 Å². The summed E-state index contributed by atoms with van der Waals surface area (Å²) in [4.78, 5) is 48.7. The minimum absolute atomic E-state index is 0.121. The van der Waals surface area contributed by atoms with Crippen LogP contribution in [0.4, 0.5) is 4.79 Å². The zero-order chi connectivity index (χ0) is 24.0. The first-order valence-electron chi connectivity index (χ1n) is 10.5. The van der Waals surface area contributed by atoms with Gasteiger partial charge >= 0.3 is 6.09 Å². The SMILES string of the molecule is CC(=N)CCCCC(NC(=O)C(C)CC(=O)C(CO)NC(=O)OCC(C)C)C(=O)CCl. The lowest BCUT2D eigenvalue weighted by molar-refractivity contribution is -0.132. The third-order valence-corrected chi connectivity index (χ3v) is 4.76. The van der Waals surface area contributed by atoms with E-state index in [1.54, 1.807) is 6.92 Å². The monoisotopic (exact) mass is 461 g/mol. The summed E-state index contributed by atoms with van der Waals surface area (Å²) >= 11 is 5.64. The summed E-state index contributed by atoms with van der Waals surface area (Å²) < 4.78 is 4.94. The van der Waals surface area contributed by atoms with Gasteiger partial charge in [-0.15, -0.1) is 11.6 Å². The molecule has 0 saturated heterocycles. The zero-order valence-corrected chi connectivity index (χ0v) is 19.6. The Morgan fingerprint density at radius 3 is 2.19 bits per heavy atom. The number of unbranched alkanes of at least 4 members (excludes halogenated alkanes) is 1. The summed E-state index contributed by atoms with van der Waals surface area (Å²) in [5, 5.41) is 21.8. The zero-order valence-electron chi connectivity index (χ0n) is 18.8. The van der Waals surface area contributed by atoms with Crippen molar-refractivity contribution in [3.63, 3.8) is 0 Å². The molecule has 0 rings (SSSR count). The lowest BCUT2D eigenvalue weighted by atomic mass is 9.98. The maximum Gasteiger partial charge on any atom is 0.407 e. The topological polar surface area (TPSA) is 146 Å². The number of alkyl carbamates (subject to hydrolysis) is 1. The number of hydrogen-bond acceptors (Lipinski definition) is 7. The van der Waals surface area contributed by atoms with Crippen LogP contribution in [0.25, 0.3) is 0 Å². The van der Waals surface area contributed by atoms with Crippen LogP contribution in [0, 0.1) is 17.2 Å². The van der Waals surface area contributed by atoms with E-state index in [1.165, 1.54) is 6.92 Å². The van der Waals surface area contributed by atoms with Crippen molar-refractivity contribution in [3.8, 4) is 0 Å². The van der Waals surface area contributed by atoms with E-state index in [4.69, 9.17) is 21.7 Å². The number of aliphatic hydroxyl groups is 1. The first kappa shape index (κ1) is 29.0. The molecule has 0 spiro atoms. The van der Waals surface area contributed by atoms with Gasteiger partial charge in [0.25, 0.3) is 0 Å². The summed E-state index contributed by atoms with van der Waals surface area (Å²) in [5.74, 6) is -2.22. The molecule has 10 heteroatoms. The maximum atomic E-state index is 12.5. The molecule has 0 fully saturated rings. The summed E-state index contributed by atoms with van der Waals surface area (Å²) in [7, 11) is 0. The Morgan fingerprint density at radius 1 is 1.03 bits per heavy atom. The van der Waals surface area contributed by atoms with Gasteiger partial charge in [-0.1, -0.05) is 27.2 Å². The molecule has 0 saturated carbocycles. The van der Waals surface area contributed by atoms with Gasteiger partial charge in [0.05, 0.1) is 25.1 Å². The van der Waals surface area contributed by atoms with E-state index in [2.05, 4.69) is 10.6 Å². The van der Waals surface area contributed by atoms with Gasteiger partial charge in [-0.05, 0) is 32.1 Å². The minimum Gasteiger partial charge on any atom is -0.449 e. The van der Waals surface area contributed by atoms with Crippen molar-refractivity contribution in [2.75, 3.05) is 19.1 Å². The molecular formula is C21H36ClN3O6. The van der Waals surface area contributed by atoms with E-state index < -0.39 is 42.4 Å². The van der Waals surface area contributed by atoms with Crippen LogP contribution in [-0.4, -0.2) is 65.6 Å². The fraction of sp³-hybridized carbons (Fsp3) is 0.762. The van der Waals surface area contributed by atoms with Gasteiger partial charge in [0.1, 0.15) is 6.04 Å². The number of rotatable bonds is 16. The molecule has 178 valence electrons. The summed E-state index contributed by atoms with van der Waals surface area (Å²) in [6, 6.07) is -1.94. The summed E-state index contributed by atoms with van der Waals surface area (Å²) in [6.45, 7) is 6.51. The molecule has 0 aliphatic heterocycles. The Kier molecular flexibility index (Phi) is 14.7. The van der Waals surface area contributed by atoms with Crippen LogP contribution >= 0.6 is 11.6 Å². The second-order valence-corrected chi connectivity index (χ2v) is 8.40. The number of amides is 2. The number of Topliss-reactive ketones (excluding diaryl/α,β-unsaturated/α-hetero) is 2. The molecule has 0 aromatic carbocycles. The van der Waals surface area contributed by atoms with E-state index in [-0.39, 0.29) is 30.6 Å². The number of alkyl halides is 1. The van der Waals surface area contributed by atoms with Gasteiger partial charge in [0, 0.05) is 18.1 Å². The lowest BCUT2D eigenvalue weighted by Crippen LogP contribution is -2.47. The van der Waals surface area contributed by atoms with Crippen LogP contribution in [0.2, 0.25) is 0 Å². The van der Waals surface area contributed by atoms with Gasteiger partial charge in [-0.3, -0.25) is 14.4 Å². The molecule has 0 heterocycles. The van der Waals surface area contributed by atoms with Crippen molar-refractivity contribution in [1.82, 2.24) is 10.6 Å². The first-order chi connectivity index (χ1) is 14.5. The van der Waals surface area contributed by atoms with E-state index in [0.717, 1.165) is 6.42 Å². The summed E-state index contributed by atoms with van der Waals surface area (Å²) in [6.07, 6.45) is 1.35. The van der Waals surface area contributed by atoms with Crippen LogP contribution < -0.4 is 10.6 Å². The van der Waals surface area contributed by atoms with Gasteiger partial charge in [0.15, 0.2) is 11.6 Å². The molecule has 9 nitrogen and oxygen atoms in total. The predicted molar refractivity (Wildman–Crippen MR) is 119 cm³/mol. The van der Waals surface area contributed by atoms with Crippen molar-refractivity contribution in [3.05, 3.63) is 0 Å². The van der Waals surface area contributed by atoms with Crippen molar-refractivity contribution >= 4 is 40.9 Å². The molecule has 0 aromatic rings. The number of ether oxygens (including phenoxy) is 1. The number of aliphatic hydroxyl groups excluding tert-OH is 1. The molecule has 4 N–H and O–H groups in total. The van der Waals surface area contributed by atoms with Crippen LogP contribution in [0.15, 0.2) is 0 Å². The van der Waals surface area contributed by atoms with Crippen LogP contribution in [0.1, 0.15) is 59.8 Å². The molecule has 2 amide bonds. The molecule has 3 unspecified atom stereocenters. The second kappa shape index (κ2) is 15.8. The van der Waals surface area contributed by atoms with E-state index >= 15 is 0 Å². The van der Waals surface area contributed by atoms with Gasteiger partial charge in [0.2, 0.25) is 5.91 Å². The van der Waals surface area contributed by atoms with E-state index in [9.17, 15) is 24.3 Å². The van der Waals surface area contributed by atoms with Crippen LogP contribution in [0.3, 0.4) is 0 Å². The molecule has 0 bridgehead atoms. The van der Waals surface area contributed by atoms with Crippen molar-refractivity contribution in [1.29, 1.82) is 5.41 Å². The fourth-order valence-electron chi connectivity index (χ4n) is 2.65. The van der Waals surface area contributed by atoms with E-state index in [1.807, 2.05) is 13.8 Å². The average Bonchev–Trinajstić information content (AvgIpc) is 2.71. The normalized spacial score (nSPS) is 13.8. The highest BCUT2D eigenvalue weighted by Crippen LogP contribution is 2.10. The average molecular weight is 462 g/mol. The number of carbonyl (C=O) groups excluding carboxylic acids is 4. The van der Waals surface area contributed by atoms with Crippen LogP contribution in [0.5, 0.6) is 0 Å². The number of ketones is 2. The first-order valence-corrected chi connectivity index (χ1v) is 11.0. The Balaban J connectivity index is 4.74. The third-order valence-electron chi connectivity index (χ3n) is 4.50. The molecule has 3 atom stereocenters. The van der Waals surface area contributed by atoms with Crippen molar-refractivity contribution in [2.45, 2.75) is 71.9 Å². The quantitative estimate of drug-likeness (QED) is 0.157. The maximum absolute atomic E-state index is 12.5. The molecule has 0 aliphatic rings. The molecular weight excluding hydrogens is 426 g/mol. The van der Waals surface area contributed by atoms with E-state index in [0.29, 0.717) is 25.0 Å². The highest BCUT2D eigenvalue weighted by Gasteiger charge is 2.27. The molecule has 0 aromatic heterocycles. The molecule has 0 radical (unpaired) electrons. The number of hydrogen-bond donors (Lipinski definition) is 4. The molecule has 31 heavy (non-hydrogen) atoms. The number of halogens is 1. The van der Waals surface area contributed by atoms with Crippen LogP contribution in [-0.2, 0) is 19.1 Å². The molecule has 0 aliphatic carbocycles. The highest BCUT2D eigenvalue weighted by atomic mass is 35.5. The van der Waals surface area contributed by atoms with Gasteiger partial charge < -0.3 is 25.9 Å². The Bertz CT molecular complexity index is 626. The largest absolute Gasteiger partial charge is 0.449 e. The Hall–Kier alpha value is -2.00. The van der Waals surface area contributed by atoms with Gasteiger partial charge in [-0.25, -0.2) is 4.79 Å². The minimum atomic E-state index is -1.18. The van der Waals surface area contributed by atoms with Crippen molar-refractivity contribution < 1.29 is 29.0 Å². The Morgan fingerprint density at radius 2 is 1.68 bits per heavy atom. The van der Waals surface area contributed by atoms with Crippen molar-refractivity contribution in [2.24, 2.45) is 11.8 Å². The number of nitrogens with one attached hydrogen (secondary N) is 3. The standard InChI is InChI=1S/C21H36ClN3O6/c1-13(2)12-31-21(30)25-17(11-26)18(27)9-14(3)20(29)24-16(19(28)10-22)8-6-5-7-15(4)23/h13-14,16-17,23,26H,5-12H2,1-4H3,(H,24,29)(H,25,30). The second-order valence-electron chi connectivity index (χ2n) is 8.13. The smallest absolute Gasteiger partial charge is 0.407 e. The lowest BCUT2D eigenvalue weighted by Gasteiger charge is -2.21. The van der Waals surface area contributed by atoms with Gasteiger partial charge in [-0.2, -0.15) is 0 Å². The highest BCUT2D eigenvalue weighted by molar-refractivity contribution is 6.28. The fourth-order valence-corrected chi connectivity index (χ4v) is 2.84.